The maximum atomic E-state index is 11.0. The van der Waals surface area contributed by atoms with Crippen LogP contribution in [0.1, 0.15) is 20.3 Å². The first-order chi connectivity index (χ1) is 6.43. The molecule has 4 nitrogen and oxygen atoms in total. The zero-order valence-electron chi connectivity index (χ0n) is 8.96. The predicted octanol–water partition coefficient (Wildman–Crippen LogP) is 0.989. The summed E-state index contributed by atoms with van der Waals surface area (Å²) in [5.41, 5.74) is 0. The molecule has 1 unspecified atom stereocenters. The molecule has 0 rings (SSSR count). The van der Waals surface area contributed by atoms with Gasteiger partial charge in [-0.15, -0.1) is 0 Å². The number of hydrogen-bond donors (Lipinski definition) is 1. The van der Waals surface area contributed by atoms with E-state index < -0.39 is 10.0 Å². The van der Waals surface area contributed by atoms with Crippen molar-refractivity contribution in [2.24, 2.45) is 0 Å². The highest BCUT2D eigenvalue weighted by atomic mass is 79.9. The summed E-state index contributed by atoms with van der Waals surface area (Å²) in [6.45, 7) is 5.44. The topological polar surface area (TPSA) is 49.4 Å². The standard InChI is InChI=1S/C8H19BrN2O2S/c1-4-8(2)11(3)6-5-10-14(12,13)7-9/h8,10H,4-7H2,1-3H3. The Bertz CT molecular complexity index is 244. The molecule has 0 aliphatic carbocycles. The Balaban J connectivity index is 3.75. The maximum Gasteiger partial charge on any atom is 0.221 e. The number of rotatable bonds is 7. The second kappa shape index (κ2) is 6.76. The quantitative estimate of drug-likeness (QED) is 0.710. The van der Waals surface area contributed by atoms with Gasteiger partial charge in [-0.3, -0.25) is 0 Å². The summed E-state index contributed by atoms with van der Waals surface area (Å²) in [5.74, 6) is 0. The number of hydrogen-bond acceptors (Lipinski definition) is 3. The summed E-state index contributed by atoms with van der Waals surface area (Å²) in [6.07, 6.45) is 1.07. The molecule has 0 aliphatic heterocycles. The van der Waals surface area contributed by atoms with Crippen LogP contribution in [0.5, 0.6) is 0 Å². The molecule has 0 saturated carbocycles. The van der Waals surface area contributed by atoms with Crippen molar-refractivity contribution < 1.29 is 8.42 Å². The van der Waals surface area contributed by atoms with Gasteiger partial charge in [-0.05, 0) is 20.4 Å². The summed E-state index contributed by atoms with van der Waals surface area (Å²) < 4.78 is 24.6. The van der Waals surface area contributed by atoms with Gasteiger partial charge in [0.05, 0.1) is 0 Å². The van der Waals surface area contributed by atoms with Crippen molar-refractivity contribution in [3.63, 3.8) is 0 Å². The predicted molar refractivity (Wildman–Crippen MR) is 63.1 cm³/mol. The van der Waals surface area contributed by atoms with Crippen molar-refractivity contribution in [3.05, 3.63) is 0 Å². The average Bonchev–Trinajstić information content (AvgIpc) is 2.16. The Hall–Kier alpha value is 0.350. The van der Waals surface area contributed by atoms with Crippen LogP contribution in [0, 0.1) is 0 Å². The lowest BCUT2D eigenvalue weighted by Gasteiger charge is -2.23. The molecular weight excluding hydrogens is 268 g/mol. The molecule has 6 heteroatoms. The largest absolute Gasteiger partial charge is 0.302 e. The van der Waals surface area contributed by atoms with Crippen LogP contribution in [0.4, 0.5) is 0 Å². The minimum absolute atomic E-state index is 0.0347. The van der Waals surface area contributed by atoms with Crippen LogP contribution in [-0.2, 0) is 10.0 Å². The molecule has 0 aromatic rings. The molecule has 0 bridgehead atoms. The third kappa shape index (κ3) is 5.95. The molecular formula is C8H19BrN2O2S. The minimum atomic E-state index is -3.11. The third-order valence-corrected chi connectivity index (χ3v) is 5.01. The number of alkyl halides is 1. The number of nitrogens with one attached hydrogen (secondary N) is 1. The lowest BCUT2D eigenvalue weighted by molar-refractivity contribution is 0.256. The van der Waals surface area contributed by atoms with E-state index in [1.54, 1.807) is 0 Å². The second-order valence-corrected chi connectivity index (χ2v) is 6.47. The van der Waals surface area contributed by atoms with Gasteiger partial charge in [0.15, 0.2) is 0 Å². The number of sulfonamides is 1. The van der Waals surface area contributed by atoms with Crippen molar-refractivity contribution in [2.75, 3.05) is 24.8 Å². The minimum Gasteiger partial charge on any atom is -0.302 e. The van der Waals surface area contributed by atoms with Crippen LogP contribution in [0.3, 0.4) is 0 Å². The van der Waals surface area contributed by atoms with Crippen LogP contribution in [-0.4, -0.2) is 44.2 Å². The van der Waals surface area contributed by atoms with E-state index in [-0.39, 0.29) is 4.66 Å². The van der Waals surface area contributed by atoms with Gasteiger partial charge < -0.3 is 4.90 Å². The molecule has 0 heterocycles. The smallest absolute Gasteiger partial charge is 0.221 e. The zero-order chi connectivity index (χ0) is 11.2. The molecule has 0 aromatic carbocycles. The van der Waals surface area contributed by atoms with E-state index >= 15 is 0 Å². The van der Waals surface area contributed by atoms with Gasteiger partial charge in [0.25, 0.3) is 0 Å². The molecule has 0 saturated heterocycles. The molecule has 0 fully saturated rings. The Kier molecular flexibility index (Phi) is 6.93. The van der Waals surface area contributed by atoms with Crippen molar-refractivity contribution in [1.29, 1.82) is 0 Å². The van der Waals surface area contributed by atoms with Gasteiger partial charge >= 0.3 is 0 Å². The molecule has 14 heavy (non-hydrogen) atoms. The fraction of sp³-hybridized carbons (Fsp3) is 1.00. The lowest BCUT2D eigenvalue weighted by atomic mass is 10.2. The van der Waals surface area contributed by atoms with Crippen LogP contribution in [0.2, 0.25) is 0 Å². The Morgan fingerprint density at radius 2 is 2.07 bits per heavy atom. The molecule has 0 spiro atoms. The van der Waals surface area contributed by atoms with Crippen molar-refractivity contribution in [2.45, 2.75) is 26.3 Å². The average molecular weight is 287 g/mol. The molecule has 0 amide bonds. The molecule has 86 valence electrons. The monoisotopic (exact) mass is 286 g/mol. The van der Waals surface area contributed by atoms with E-state index in [9.17, 15) is 8.42 Å². The lowest BCUT2D eigenvalue weighted by Crippen LogP contribution is -2.37. The summed E-state index contributed by atoms with van der Waals surface area (Å²) in [4.78, 5) is 2.14. The summed E-state index contributed by atoms with van der Waals surface area (Å²) in [6, 6.07) is 0.489. The zero-order valence-corrected chi connectivity index (χ0v) is 11.4. The SMILES string of the molecule is CCC(C)N(C)CCNS(=O)(=O)CBr. The Labute approximate surface area is 95.2 Å². The molecule has 1 atom stereocenters. The van der Waals surface area contributed by atoms with Crippen molar-refractivity contribution >= 4 is 26.0 Å². The Morgan fingerprint density at radius 1 is 1.50 bits per heavy atom. The second-order valence-electron chi connectivity index (χ2n) is 3.36. The highest BCUT2D eigenvalue weighted by Gasteiger charge is 2.09. The number of nitrogens with zero attached hydrogens (tertiary/aromatic N) is 1. The van der Waals surface area contributed by atoms with E-state index in [0.29, 0.717) is 12.6 Å². The summed E-state index contributed by atoms with van der Waals surface area (Å²) >= 11 is 2.92. The van der Waals surface area contributed by atoms with Gasteiger partial charge in [-0.2, -0.15) is 0 Å². The van der Waals surface area contributed by atoms with E-state index in [1.807, 2.05) is 7.05 Å². The number of likely N-dealkylation sites (N-methyl/N-ethyl adjacent to an activating group) is 1. The van der Waals surface area contributed by atoms with Gasteiger partial charge in [-0.25, -0.2) is 13.1 Å². The van der Waals surface area contributed by atoms with E-state index in [4.69, 9.17) is 0 Å². The van der Waals surface area contributed by atoms with E-state index in [1.165, 1.54) is 0 Å². The van der Waals surface area contributed by atoms with Crippen molar-refractivity contribution in [3.8, 4) is 0 Å². The first-order valence-electron chi connectivity index (χ1n) is 4.66. The van der Waals surface area contributed by atoms with Gasteiger partial charge in [-0.1, -0.05) is 22.9 Å². The van der Waals surface area contributed by atoms with Crippen molar-refractivity contribution in [1.82, 2.24) is 9.62 Å². The van der Waals surface area contributed by atoms with Gasteiger partial charge in [0.1, 0.15) is 4.66 Å². The van der Waals surface area contributed by atoms with Crippen LogP contribution in [0.25, 0.3) is 0 Å². The fourth-order valence-corrected chi connectivity index (χ4v) is 1.91. The summed E-state index contributed by atoms with van der Waals surface area (Å²) in [5, 5.41) is 0. The molecule has 0 aliphatic rings. The van der Waals surface area contributed by atoms with E-state index in [0.717, 1.165) is 13.0 Å². The van der Waals surface area contributed by atoms with Gasteiger partial charge in [0.2, 0.25) is 10.0 Å². The van der Waals surface area contributed by atoms with Crippen LogP contribution < -0.4 is 4.72 Å². The first kappa shape index (κ1) is 14.3. The molecule has 1 N–H and O–H groups in total. The molecule has 0 aromatic heterocycles. The normalized spacial score (nSPS) is 14.6. The first-order valence-corrected chi connectivity index (χ1v) is 7.44. The highest BCUT2D eigenvalue weighted by molar-refractivity contribution is 9.10. The molecule has 0 radical (unpaired) electrons. The fourth-order valence-electron chi connectivity index (χ4n) is 0.948. The van der Waals surface area contributed by atoms with Gasteiger partial charge in [0, 0.05) is 19.1 Å². The van der Waals surface area contributed by atoms with E-state index in [2.05, 4.69) is 39.4 Å². The third-order valence-electron chi connectivity index (χ3n) is 2.27. The number of halogens is 1. The Morgan fingerprint density at radius 3 is 2.50 bits per heavy atom. The van der Waals surface area contributed by atoms with Crippen LogP contribution in [0.15, 0.2) is 0 Å². The maximum absolute atomic E-state index is 11.0. The highest BCUT2D eigenvalue weighted by Crippen LogP contribution is 1.98. The summed E-state index contributed by atoms with van der Waals surface area (Å²) in [7, 11) is -1.11. The van der Waals surface area contributed by atoms with Crippen LogP contribution >= 0.6 is 15.9 Å².